The fraction of sp³-hybridized carbons (Fsp3) is 0.706. The first-order valence-corrected chi connectivity index (χ1v) is 8.45. The second-order valence-electron chi connectivity index (χ2n) is 6.57. The average Bonchev–Trinajstić information content (AvgIpc) is 3.19. The van der Waals surface area contributed by atoms with E-state index >= 15 is 0 Å². The minimum absolute atomic E-state index is 0.0486. The molecule has 1 saturated heterocycles. The smallest absolute Gasteiger partial charge is 0.233 e. The zero-order chi connectivity index (χ0) is 15.4. The third-order valence-corrected chi connectivity index (χ3v) is 4.80. The molecule has 1 aliphatic heterocycles. The molecule has 1 atom stereocenters. The summed E-state index contributed by atoms with van der Waals surface area (Å²) in [4.78, 5) is 14.2. The topological polar surface area (TPSA) is 55.3 Å². The predicted molar refractivity (Wildman–Crippen MR) is 83.6 cm³/mol. The Bertz CT molecular complexity index is 497. The molecule has 0 spiro atoms. The monoisotopic (exact) mass is 303 g/mol. The molecule has 0 N–H and O–H groups in total. The molecule has 0 aromatic carbocycles. The van der Waals surface area contributed by atoms with Crippen LogP contribution in [0.5, 0.6) is 5.88 Å². The van der Waals surface area contributed by atoms with Gasteiger partial charge in [-0.25, -0.2) is 0 Å². The number of rotatable bonds is 5. The van der Waals surface area contributed by atoms with Crippen molar-refractivity contribution in [2.75, 3.05) is 13.1 Å². The van der Waals surface area contributed by atoms with Crippen LogP contribution < -0.4 is 4.74 Å². The van der Waals surface area contributed by atoms with Gasteiger partial charge in [0.15, 0.2) is 0 Å². The fourth-order valence-electron chi connectivity index (χ4n) is 3.46. The number of aryl methyl sites for hydroxylation is 1. The fourth-order valence-corrected chi connectivity index (χ4v) is 3.46. The van der Waals surface area contributed by atoms with E-state index in [2.05, 4.69) is 10.2 Å². The first-order valence-electron chi connectivity index (χ1n) is 8.45. The number of carbonyl (C=O) groups excluding carboxylic acids is 1. The van der Waals surface area contributed by atoms with Crippen molar-refractivity contribution >= 4 is 5.91 Å². The molecule has 120 valence electrons. The zero-order valence-electron chi connectivity index (χ0n) is 13.3. The van der Waals surface area contributed by atoms with Crippen LogP contribution in [0.15, 0.2) is 12.1 Å². The van der Waals surface area contributed by atoms with Crippen LogP contribution in [0.1, 0.15) is 50.6 Å². The lowest BCUT2D eigenvalue weighted by Gasteiger charge is -2.18. The van der Waals surface area contributed by atoms with Crippen LogP contribution >= 0.6 is 0 Å². The highest BCUT2D eigenvalue weighted by Crippen LogP contribution is 2.29. The molecule has 1 unspecified atom stereocenters. The van der Waals surface area contributed by atoms with E-state index in [1.165, 1.54) is 25.7 Å². The number of amides is 1. The molecule has 1 aromatic heterocycles. The quantitative estimate of drug-likeness (QED) is 0.839. The van der Waals surface area contributed by atoms with Crippen molar-refractivity contribution in [3.05, 3.63) is 17.8 Å². The van der Waals surface area contributed by atoms with E-state index in [1.54, 1.807) is 0 Å². The van der Waals surface area contributed by atoms with E-state index in [0.29, 0.717) is 18.8 Å². The maximum Gasteiger partial charge on any atom is 0.233 e. The van der Waals surface area contributed by atoms with Gasteiger partial charge >= 0.3 is 0 Å². The SMILES string of the molecule is Cc1ccc(OC2CCN(C(=O)CCC3CCCC3)C2)nn1. The Morgan fingerprint density at radius 3 is 2.82 bits per heavy atom. The van der Waals surface area contributed by atoms with E-state index in [4.69, 9.17) is 4.74 Å². The van der Waals surface area contributed by atoms with Crippen LogP contribution in [0.3, 0.4) is 0 Å². The molecular formula is C17H25N3O2. The Morgan fingerprint density at radius 2 is 2.09 bits per heavy atom. The highest BCUT2D eigenvalue weighted by molar-refractivity contribution is 5.76. The van der Waals surface area contributed by atoms with E-state index in [-0.39, 0.29) is 12.0 Å². The van der Waals surface area contributed by atoms with Crippen molar-refractivity contribution in [1.82, 2.24) is 15.1 Å². The zero-order valence-corrected chi connectivity index (χ0v) is 13.3. The van der Waals surface area contributed by atoms with Gasteiger partial charge in [-0.05, 0) is 25.3 Å². The Kier molecular flexibility index (Phi) is 4.90. The summed E-state index contributed by atoms with van der Waals surface area (Å²) in [5, 5.41) is 8.02. The summed E-state index contributed by atoms with van der Waals surface area (Å²) < 4.78 is 5.82. The molecule has 1 amide bonds. The molecule has 1 aromatic rings. The highest BCUT2D eigenvalue weighted by atomic mass is 16.5. The van der Waals surface area contributed by atoms with Gasteiger partial charge in [-0.2, -0.15) is 5.10 Å². The Balaban J connectivity index is 1.42. The van der Waals surface area contributed by atoms with Crippen molar-refractivity contribution < 1.29 is 9.53 Å². The van der Waals surface area contributed by atoms with Crippen LogP contribution in [-0.2, 0) is 4.79 Å². The van der Waals surface area contributed by atoms with Gasteiger partial charge in [0.2, 0.25) is 11.8 Å². The predicted octanol–water partition coefficient (Wildman–Crippen LogP) is 2.74. The number of hydrogen-bond acceptors (Lipinski definition) is 4. The lowest BCUT2D eigenvalue weighted by Crippen LogP contribution is -2.31. The lowest BCUT2D eigenvalue weighted by molar-refractivity contribution is -0.130. The van der Waals surface area contributed by atoms with Crippen molar-refractivity contribution in [3.63, 3.8) is 0 Å². The summed E-state index contributed by atoms with van der Waals surface area (Å²) in [6.45, 7) is 3.38. The van der Waals surface area contributed by atoms with Gasteiger partial charge in [0.1, 0.15) is 6.10 Å². The molecular weight excluding hydrogens is 278 g/mol. The molecule has 5 nitrogen and oxygen atoms in total. The summed E-state index contributed by atoms with van der Waals surface area (Å²) in [6, 6.07) is 3.73. The van der Waals surface area contributed by atoms with Gasteiger partial charge in [-0.15, -0.1) is 5.10 Å². The van der Waals surface area contributed by atoms with E-state index in [0.717, 1.165) is 31.0 Å². The third kappa shape index (κ3) is 3.96. The van der Waals surface area contributed by atoms with Crippen LogP contribution in [0, 0.1) is 12.8 Å². The standard InChI is InChI=1S/C17H25N3O2/c1-13-6-8-16(19-18-13)22-15-10-11-20(12-15)17(21)9-7-14-4-2-3-5-14/h6,8,14-15H,2-5,7,9-12H2,1H3. The van der Waals surface area contributed by atoms with E-state index < -0.39 is 0 Å². The van der Waals surface area contributed by atoms with Gasteiger partial charge in [0, 0.05) is 25.5 Å². The van der Waals surface area contributed by atoms with Crippen LogP contribution in [-0.4, -0.2) is 40.2 Å². The van der Waals surface area contributed by atoms with Crippen LogP contribution in [0.25, 0.3) is 0 Å². The Hall–Kier alpha value is -1.65. The molecule has 1 aliphatic carbocycles. The molecule has 22 heavy (non-hydrogen) atoms. The van der Waals surface area contributed by atoms with Crippen LogP contribution in [0.4, 0.5) is 0 Å². The second kappa shape index (κ2) is 7.07. The number of likely N-dealkylation sites (tertiary alicyclic amines) is 1. The Morgan fingerprint density at radius 1 is 1.27 bits per heavy atom. The maximum atomic E-state index is 12.3. The van der Waals surface area contributed by atoms with Gasteiger partial charge in [-0.1, -0.05) is 25.7 Å². The van der Waals surface area contributed by atoms with Gasteiger partial charge < -0.3 is 9.64 Å². The third-order valence-electron chi connectivity index (χ3n) is 4.80. The van der Waals surface area contributed by atoms with Crippen molar-refractivity contribution in [2.45, 2.75) is 58.0 Å². The van der Waals surface area contributed by atoms with Gasteiger partial charge in [0.05, 0.1) is 12.2 Å². The molecule has 0 radical (unpaired) electrons. The van der Waals surface area contributed by atoms with E-state index in [9.17, 15) is 4.79 Å². The van der Waals surface area contributed by atoms with Crippen molar-refractivity contribution in [1.29, 1.82) is 0 Å². The van der Waals surface area contributed by atoms with E-state index in [1.807, 2.05) is 24.0 Å². The Labute approximate surface area is 132 Å². The molecule has 2 heterocycles. The summed E-state index contributed by atoms with van der Waals surface area (Å²) in [6.07, 6.45) is 7.99. The highest BCUT2D eigenvalue weighted by Gasteiger charge is 2.28. The van der Waals surface area contributed by atoms with Crippen molar-refractivity contribution in [2.24, 2.45) is 5.92 Å². The molecule has 2 aliphatic rings. The molecule has 0 bridgehead atoms. The average molecular weight is 303 g/mol. The number of hydrogen-bond donors (Lipinski definition) is 0. The molecule has 1 saturated carbocycles. The largest absolute Gasteiger partial charge is 0.471 e. The van der Waals surface area contributed by atoms with Gasteiger partial charge in [-0.3, -0.25) is 4.79 Å². The number of ether oxygens (including phenoxy) is 1. The number of nitrogens with zero attached hydrogens (tertiary/aromatic N) is 3. The summed E-state index contributed by atoms with van der Waals surface area (Å²) in [7, 11) is 0. The van der Waals surface area contributed by atoms with Gasteiger partial charge in [0.25, 0.3) is 0 Å². The second-order valence-corrected chi connectivity index (χ2v) is 6.57. The molecule has 5 heteroatoms. The lowest BCUT2D eigenvalue weighted by atomic mass is 10.0. The minimum Gasteiger partial charge on any atom is -0.471 e. The molecule has 3 rings (SSSR count). The normalized spacial score (nSPS) is 22.2. The minimum atomic E-state index is 0.0486. The number of aromatic nitrogens is 2. The first-order chi connectivity index (χ1) is 10.7. The molecule has 2 fully saturated rings. The summed E-state index contributed by atoms with van der Waals surface area (Å²) >= 11 is 0. The van der Waals surface area contributed by atoms with Crippen molar-refractivity contribution in [3.8, 4) is 5.88 Å². The first kappa shape index (κ1) is 15.3. The number of carbonyl (C=O) groups is 1. The summed E-state index contributed by atoms with van der Waals surface area (Å²) in [5.41, 5.74) is 0.877. The summed E-state index contributed by atoms with van der Waals surface area (Å²) in [5.74, 6) is 1.62. The maximum absolute atomic E-state index is 12.3. The van der Waals surface area contributed by atoms with Crippen LogP contribution in [0.2, 0.25) is 0 Å².